The molecule has 32 heavy (non-hydrogen) atoms. The second-order valence-corrected chi connectivity index (χ2v) is 11.2. The van der Waals surface area contributed by atoms with Crippen LogP contribution in [-0.2, 0) is 24.8 Å². The quantitative estimate of drug-likeness (QED) is 0.600. The molecule has 2 aromatic carbocycles. The summed E-state index contributed by atoms with van der Waals surface area (Å²) in [6.45, 7) is 0.871. The molecule has 0 radical (unpaired) electrons. The van der Waals surface area contributed by atoms with Crippen molar-refractivity contribution in [1.29, 1.82) is 0 Å². The summed E-state index contributed by atoms with van der Waals surface area (Å²) >= 11 is 0. The number of carbonyl (C=O) groups is 1. The second-order valence-electron chi connectivity index (χ2n) is 7.49. The number of amides is 1. The van der Waals surface area contributed by atoms with Gasteiger partial charge in [-0.1, -0.05) is 12.8 Å². The van der Waals surface area contributed by atoms with Crippen LogP contribution in [0.3, 0.4) is 0 Å². The van der Waals surface area contributed by atoms with Crippen LogP contribution in [0.4, 0.5) is 10.1 Å². The molecule has 1 aliphatic rings. The minimum Gasteiger partial charge on any atom is -0.326 e. The molecule has 0 spiro atoms. The molecule has 11 heteroatoms. The Morgan fingerprint density at radius 3 is 2.00 bits per heavy atom. The Hall–Kier alpha value is -2.34. The molecule has 0 unspecified atom stereocenters. The van der Waals surface area contributed by atoms with Gasteiger partial charge in [-0.15, -0.1) is 0 Å². The largest absolute Gasteiger partial charge is 0.326 e. The van der Waals surface area contributed by atoms with Crippen molar-refractivity contribution in [2.45, 2.75) is 41.9 Å². The first-order valence-corrected chi connectivity index (χ1v) is 13.3. The molecule has 2 N–H and O–H groups in total. The summed E-state index contributed by atoms with van der Waals surface area (Å²) in [6.07, 6.45) is 3.61. The van der Waals surface area contributed by atoms with Crippen LogP contribution >= 0.6 is 0 Å². The third-order valence-corrected chi connectivity index (χ3v) is 8.50. The monoisotopic (exact) mass is 483 g/mol. The lowest BCUT2D eigenvalue weighted by atomic mass is 10.2. The molecule has 0 bridgehead atoms. The zero-order valence-electron chi connectivity index (χ0n) is 17.5. The predicted molar refractivity (Wildman–Crippen MR) is 119 cm³/mol. The Balaban J connectivity index is 1.52. The average Bonchev–Trinajstić information content (AvgIpc) is 3.04. The number of hydrogen-bond donors (Lipinski definition) is 2. The fourth-order valence-corrected chi connectivity index (χ4v) is 5.91. The maximum Gasteiger partial charge on any atom is 0.243 e. The third kappa shape index (κ3) is 6.35. The van der Waals surface area contributed by atoms with E-state index >= 15 is 0 Å². The molecular weight excluding hydrogens is 457 g/mol. The van der Waals surface area contributed by atoms with Crippen LogP contribution in [0.5, 0.6) is 0 Å². The average molecular weight is 484 g/mol. The molecule has 2 aromatic rings. The van der Waals surface area contributed by atoms with Gasteiger partial charge >= 0.3 is 0 Å². The van der Waals surface area contributed by atoms with Crippen LogP contribution in [-0.4, -0.2) is 46.7 Å². The maximum absolute atomic E-state index is 12.9. The lowest BCUT2D eigenvalue weighted by molar-refractivity contribution is -0.116. The van der Waals surface area contributed by atoms with Gasteiger partial charge < -0.3 is 5.32 Å². The van der Waals surface area contributed by atoms with Gasteiger partial charge in [-0.05, 0) is 61.4 Å². The van der Waals surface area contributed by atoms with Gasteiger partial charge in [-0.3, -0.25) is 4.79 Å². The number of halogens is 1. The number of nitrogens with zero attached hydrogens (tertiary/aromatic N) is 1. The summed E-state index contributed by atoms with van der Waals surface area (Å²) < 4.78 is 66.6. The number of hydrogen-bond acceptors (Lipinski definition) is 5. The minimum absolute atomic E-state index is 0.0967. The molecule has 8 nitrogen and oxygen atoms in total. The van der Waals surface area contributed by atoms with E-state index in [2.05, 4.69) is 10.0 Å². The van der Waals surface area contributed by atoms with Gasteiger partial charge in [0.1, 0.15) is 5.82 Å². The van der Waals surface area contributed by atoms with Crippen molar-refractivity contribution in [3.63, 3.8) is 0 Å². The Bertz CT molecular complexity index is 1130. The fraction of sp³-hybridized carbons (Fsp3) is 0.381. The van der Waals surface area contributed by atoms with E-state index in [1.54, 1.807) is 0 Å². The summed E-state index contributed by atoms with van der Waals surface area (Å²) in [4.78, 5) is 12.2. The molecule has 0 aliphatic carbocycles. The van der Waals surface area contributed by atoms with Crippen LogP contribution in [0, 0.1) is 5.82 Å². The van der Waals surface area contributed by atoms with Gasteiger partial charge in [0.2, 0.25) is 26.0 Å². The summed E-state index contributed by atoms with van der Waals surface area (Å²) in [5.74, 6) is -0.983. The van der Waals surface area contributed by atoms with Crippen molar-refractivity contribution in [3.8, 4) is 0 Å². The summed E-state index contributed by atoms with van der Waals surface area (Å²) in [7, 11) is -7.42. The van der Waals surface area contributed by atoms with E-state index in [1.165, 1.54) is 28.6 Å². The molecule has 1 amide bonds. The van der Waals surface area contributed by atoms with Crippen LogP contribution in [0.1, 0.15) is 32.1 Å². The highest BCUT2D eigenvalue weighted by atomic mass is 32.2. The maximum atomic E-state index is 12.9. The molecule has 0 atom stereocenters. The molecule has 3 rings (SSSR count). The molecule has 0 saturated carbocycles. The van der Waals surface area contributed by atoms with Crippen LogP contribution in [0.15, 0.2) is 58.3 Å². The van der Waals surface area contributed by atoms with E-state index in [0.717, 1.165) is 49.9 Å². The van der Waals surface area contributed by atoms with Crippen molar-refractivity contribution >= 4 is 31.6 Å². The number of nitrogens with one attached hydrogen (secondary N) is 2. The Morgan fingerprint density at radius 1 is 0.844 bits per heavy atom. The number of carbonyl (C=O) groups excluding carboxylic acids is 1. The highest BCUT2D eigenvalue weighted by Gasteiger charge is 2.25. The Labute approximate surface area is 187 Å². The second kappa shape index (κ2) is 10.5. The standard InChI is InChI=1S/C21H26FN3O5S2/c22-17-5-9-19(10-6-17)31(27,28)23-14-13-21(26)24-18-7-11-20(12-8-18)32(29,30)25-15-3-1-2-4-16-25/h5-12,23H,1-4,13-16H2,(H,24,26). The Kier molecular flexibility index (Phi) is 7.99. The van der Waals surface area contributed by atoms with Gasteiger partial charge in [-0.25, -0.2) is 25.9 Å². The van der Waals surface area contributed by atoms with Gasteiger partial charge in [0.05, 0.1) is 9.79 Å². The zero-order valence-corrected chi connectivity index (χ0v) is 19.1. The van der Waals surface area contributed by atoms with E-state index in [1.807, 2.05) is 0 Å². The van der Waals surface area contributed by atoms with Gasteiger partial charge in [-0.2, -0.15) is 4.31 Å². The van der Waals surface area contributed by atoms with Crippen LogP contribution in [0.2, 0.25) is 0 Å². The van der Waals surface area contributed by atoms with Crippen molar-refractivity contribution < 1.29 is 26.0 Å². The number of benzene rings is 2. The van der Waals surface area contributed by atoms with E-state index in [-0.39, 0.29) is 22.8 Å². The topological polar surface area (TPSA) is 113 Å². The zero-order chi connectivity index (χ0) is 23.2. The fourth-order valence-electron chi connectivity index (χ4n) is 3.36. The normalized spacial score (nSPS) is 15.8. The highest BCUT2D eigenvalue weighted by molar-refractivity contribution is 7.89. The first-order valence-electron chi connectivity index (χ1n) is 10.3. The number of rotatable bonds is 8. The van der Waals surface area contributed by atoms with Crippen molar-refractivity contribution in [3.05, 3.63) is 54.3 Å². The molecule has 1 saturated heterocycles. The highest BCUT2D eigenvalue weighted by Crippen LogP contribution is 2.22. The lowest BCUT2D eigenvalue weighted by Crippen LogP contribution is -2.31. The van der Waals surface area contributed by atoms with E-state index in [0.29, 0.717) is 18.8 Å². The summed E-state index contributed by atoms with van der Waals surface area (Å²) in [6, 6.07) is 10.3. The van der Waals surface area contributed by atoms with Crippen molar-refractivity contribution in [2.75, 3.05) is 25.0 Å². The third-order valence-electron chi connectivity index (χ3n) is 5.11. The van der Waals surface area contributed by atoms with Gasteiger partial charge in [0.15, 0.2) is 0 Å². The number of anilines is 1. The molecule has 1 fully saturated rings. The smallest absolute Gasteiger partial charge is 0.243 e. The van der Waals surface area contributed by atoms with E-state index < -0.39 is 31.8 Å². The van der Waals surface area contributed by atoms with Crippen molar-refractivity contribution in [2.24, 2.45) is 0 Å². The molecule has 1 aliphatic heterocycles. The molecule has 0 aromatic heterocycles. The van der Waals surface area contributed by atoms with E-state index in [4.69, 9.17) is 0 Å². The first-order chi connectivity index (χ1) is 15.2. The van der Waals surface area contributed by atoms with E-state index in [9.17, 15) is 26.0 Å². The van der Waals surface area contributed by atoms with Crippen LogP contribution in [0.25, 0.3) is 0 Å². The van der Waals surface area contributed by atoms with Crippen molar-refractivity contribution in [1.82, 2.24) is 9.03 Å². The predicted octanol–water partition coefficient (Wildman–Crippen LogP) is 2.70. The lowest BCUT2D eigenvalue weighted by Gasteiger charge is -2.20. The summed E-state index contributed by atoms with van der Waals surface area (Å²) in [5, 5.41) is 2.61. The molecular formula is C21H26FN3O5S2. The SMILES string of the molecule is O=C(CCNS(=O)(=O)c1ccc(F)cc1)Nc1ccc(S(=O)(=O)N2CCCCCC2)cc1. The summed E-state index contributed by atoms with van der Waals surface area (Å²) in [5.41, 5.74) is 0.409. The first kappa shape index (κ1) is 24.3. The van der Waals surface area contributed by atoms with Gasteiger partial charge in [0.25, 0.3) is 0 Å². The molecule has 174 valence electrons. The number of sulfonamides is 2. The van der Waals surface area contributed by atoms with Crippen LogP contribution < -0.4 is 10.0 Å². The minimum atomic E-state index is -3.85. The molecule has 1 heterocycles. The van der Waals surface area contributed by atoms with Gasteiger partial charge in [0, 0.05) is 31.7 Å². The Morgan fingerprint density at radius 2 is 1.41 bits per heavy atom.